The third-order valence-corrected chi connectivity index (χ3v) is 2.31. The van der Waals surface area contributed by atoms with Crippen molar-refractivity contribution < 1.29 is 23.3 Å². The highest BCUT2D eigenvalue weighted by molar-refractivity contribution is 7.46. The van der Waals surface area contributed by atoms with Gasteiger partial charge in [-0.25, -0.2) is 4.57 Å². The van der Waals surface area contributed by atoms with Crippen molar-refractivity contribution in [2.24, 2.45) is 0 Å². The van der Waals surface area contributed by atoms with E-state index in [1.54, 1.807) is 0 Å². The Hall–Kier alpha value is -1.62. The molecule has 0 aliphatic rings. The summed E-state index contributed by atoms with van der Waals surface area (Å²) in [7, 11) is -4.60. The van der Waals surface area contributed by atoms with Crippen molar-refractivity contribution in [3.8, 4) is 5.75 Å². The van der Waals surface area contributed by atoms with Crippen LogP contribution >= 0.6 is 7.82 Å². The largest absolute Gasteiger partial charge is 0.524 e. The second-order valence-corrected chi connectivity index (χ2v) is 4.19. The fourth-order valence-corrected chi connectivity index (χ4v) is 1.64. The summed E-state index contributed by atoms with van der Waals surface area (Å²) in [5.74, 6) is -0.0600. The molecule has 0 radical (unpaired) electrons. The molecular weight excluding hydrogens is 235 g/mol. The molecule has 84 valence electrons. The fourth-order valence-electron chi connectivity index (χ4n) is 1.26. The summed E-state index contributed by atoms with van der Waals surface area (Å²) in [5.41, 5.74) is -0.0255. The van der Waals surface area contributed by atoms with E-state index in [0.717, 1.165) is 0 Å². The zero-order valence-electron chi connectivity index (χ0n) is 7.86. The Morgan fingerprint density at radius 2 is 2.00 bits per heavy atom. The quantitative estimate of drug-likeness (QED) is 0.769. The Kier molecular flexibility index (Phi) is 2.55. The molecule has 6 nitrogen and oxygen atoms in total. The highest BCUT2D eigenvalue weighted by Crippen LogP contribution is 2.38. The van der Waals surface area contributed by atoms with Gasteiger partial charge in [-0.1, -0.05) is 0 Å². The normalized spacial score (nSPS) is 11.6. The molecule has 1 aromatic heterocycles. The van der Waals surface area contributed by atoms with Gasteiger partial charge in [0.25, 0.3) is 0 Å². The molecule has 16 heavy (non-hydrogen) atoms. The van der Waals surface area contributed by atoms with E-state index in [0.29, 0.717) is 5.39 Å². The molecule has 0 bridgehead atoms. The Morgan fingerprint density at radius 1 is 1.25 bits per heavy atom. The van der Waals surface area contributed by atoms with Crippen LogP contribution < -0.4 is 9.95 Å². The van der Waals surface area contributed by atoms with Crippen molar-refractivity contribution in [1.29, 1.82) is 0 Å². The molecule has 0 amide bonds. The van der Waals surface area contributed by atoms with Crippen LogP contribution in [0.1, 0.15) is 0 Å². The summed E-state index contributed by atoms with van der Waals surface area (Å²) in [4.78, 5) is 28.5. The van der Waals surface area contributed by atoms with Gasteiger partial charge in [-0.3, -0.25) is 14.6 Å². The first-order chi connectivity index (χ1) is 7.46. The number of rotatable bonds is 2. The average Bonchev–Trinajstić information content (AvgIpc) is 2.15. The Labute approximate surface area is 89.3 Å². The molecule has 2 aromatic rings. The molecule has 0 saturated carbocycles. The summed E-state index contributed by atoms with van der Waals surface area (Å²) in [6.45, 7) is 0. The highest BCUT2D eigenvalue weighted by atomic mass is 31.2. The molecular formula is C9H7O6P. The fraction of sp³-hybridized carbons (Fsp3) is 0. The molecule has 0 atom stereocenters. The maximum absolute atomic E-state index is 11.3. The molecule has 2 rings (SSSR count). The predicted molar refractivity (Wildman–Crippen MR) is 55.2 cm³/mol. The number of fused-ring (bicyclic) bond motifs is 1. The summed E-state index contributed by atoms with van der Waals surface area (Å²) in [6, 6.07) is 5.17. The second kappa shape index (κ2) is 3.75. The smallest absolute Gasteiger partial charge is 0.464 e. The summed E-state index contributed by atoms with van der Waals surface area (Å²) < 4.78 is 20.0. The van der Waals surface area contributed by atoms with Gasteiger partial charge < -0.3 is 8.94 Å². The third-order valence-electron chi connectivity index (χ3n) is 1.86. The van der Waals surface area contributed by atoms with E-state index < -0.39 is 7.82 Å². The van der Waals surface area contributed by atoms with E-state index in [-0.39, 0.29) is 16.8 Å². The molecule has 0 fully saturated rings. The third kappa shape index (κ3) is 2.30. The van der Waals surface area contributed by atoms with E-state index >= 15 is 0 Å². The van der Waals surface area contributed by atoms with Gasteiger partial charge in [0.15, 0.2) is 5.43 Å². The van der Waals surface area contributed by atoms with Crippen LogP contribution in [0.5, 0.6) is 5.75 Å². The van der Waals surface area contributed by atoms with E-state index in [4.69, 9.17) is 14.2 Å². The molecule has 0 unspecified atom stereocenters. The lowest BCUT2D eigenvalue weighted by atomic mass is 10.2. The SMILES string of the molecule is O=c1ccoc2cc(OP(=O)(O)O)ccc12. The number of hydrogen-bond donors (Lipinski definition) is 2. The van der Waals surface area contributed by atoms with Crippen LogP contribution in [0.15, 0.2) is 39.7 Å². The number of phosphoric acid groups is 1. The first-order valence-electron chi connectivity index (χ1n) is 4.22. The first-order valence-corrected chi connectivity index (χ1v) is 5.75. The van der Waals surface area contributed by atoms with Crippen molar-refractivity contribution in [2.75, 3.05) is 0 Å². The molecule has 0 aliphatic carbocycles. The Bertz CT molecular complexity index is 625. The highest BCUT2D eigenvalue weighted by Gasteiger charge is 2.16. The average molecular weight is 242 g/mol. The van der Waals surface area contributed by atoms with Crippen molar-refractivity contribution in [3.63, 3.8) is 0 Å². The molecule has 0 saturated heterocycles. The maximum Gasteiger partial charge on any atom is 0.524 e. The van der Waals surface area contributed by atoms with Gasteiger partial charge in [0, 0.05) is 12.1 Å². The van der Waals surface area contributed by atoms with Gasteiger partial charge in [0.1, 0.15) is 11.3 Å². The van der Waals surface area contributed by atoms with Gasteiger partial charge >= 0.3 is 7.82 Å². The summed E-state index contributed by atoms with van der Waals surface area (Å²) in [6.07, 6.45) is 1.20. The molecule has 1 aromatic carbocycles. The summed E-state index contributed by atoms with van der Waals surface area (Å²) in [5, 5.41) is 0.320. The molecule has 7 heteroatoms. The van der Waals surface area contributed by atoms with Crippen LogP contribution in [-0.4, -0.2) is 9.79 Å². The van der Waals surface area contributed by atoms with Crippen molar-refractivity contribution in [3.05, 3.63) is 40.8 Å². The van der Waals surface area contributed by atoms with Crippen LogP contribution in [0.4, 0.5) is 0 Å². The lowest BCUT2D eigenvalue weighted by Gasteiger charge is -2.06. The van der Waals surface area contributed by atoms with Crippen molar-refractivity contribution >= 4 is 18.8 Å². The van der Waals surface area contributed by atoms with Gasteiger partial charge in [0.05, 0.1) is 11.6 Å². The number of phosphoric ester groups is 1. The summed E-state index contributed by atoms with van der Waals surface area (Å²) >= 11 is 0. The monoisotopic (exact) mass is 242 g/mol. The lowest BCUT2D eigenvalue weighted by Crippen LogP contribution is -1.98. The van der Waals surface area contributed by atoms with Gasteiger partial charge in [0.2, 0.25) is 0 Å². The lowest BCUT2D eigenvalue weighted by molar-refractivity contribution is 0.283. The zero-order valence-corrected chi connectivity index (χ0v) is 8.76. The minimum Gasteiger partial charge on any atom is -0.464 e. The van der Waals surface area contributed by atoms with Gasteiger partial charge in [-0.05, 0) is 12.1 Å². The topological polar surface area (TPSA) is 97.0 Å². The van der Waals surface area contributed by atoms with Crippen LogP contribution in [0.2, 0.25) is 0 Å². The van der Waals surface area contributed by atoms with Crippen LogP contribution in [-0.2, 0) is 4.57 Å². The van der Waals surface area contributed by atoms with Crippen LogP contribution in [0.25, 0.3) is 11.0 Å². The molecule has 0 aliphatic heterocycles. The molecule has 2 N–H and O–H groups in total. The van der Waals surface area contributed by atoms with E-state index in [1.165, 1.54) is 30.5 Å². The Balaban J connectivity index is 2.53. The van der Waals surface area contributed by atoms with Gasteiger partial charge in [-0.15, -0.1) is 0 Å². The minimum absolute atomic E-state index is 0.0600. The van der Waals surface area contributed by atoms with Crippen LogP contribution in [0, 0.1) is 0 Å². The van der Waals surface area contributed by atoms with Crippen molar-refractivity contribution in [2.45, 2.75) is 0 Å². The molecule has 0 spiro atoms. The second-order valence-electron chi connectivity index (χ2n) is 3.02. The van der Waals surface area contributed by atoms with Crippen LogP contribution in [0.3, 0.4) is 0 Å². The number of benzene rings is 1. The van der Waals surface area contributed by atoms with Crippen molar-refractivity contribution in [1.82, 2.24) is 0 Å². The van der Waals surface area contributed by atoms with E-state index in [2.05, 4.69) is 4.52 Å². The zero-order chi connectivity index (χ0) is 11.8. The Morgan fingerprint density at radius 3 is 2.69 bits per heavy atom. The molecule has 1 heterocycles. The van der Waals surface area contributed by atoms with E-state index in [9.17, 15) is 9.36 Å². The standard InChI is InChI=1S/C9H7O6P/c10-8-3-4-14-9-5-6(1-2-7(8)9)15-16(11,12)13/h1-5H,(H2,11,12,13). The minimum atomic E-state index is -4.60. The van der Waals surface area contributed by atoms with Gasteiger partial charge in [-0.2, -0.15) is 0 Å². The predicted octanol–water partition coefficient (Wildman–Crippen LogP) is 1.26. The first kappa shape index (κ1) is 10.9. The maximum atomic E-state index is 11.3. The number of hydrogen-bond acceptors (Lipinski definition) is 4. The van der Waals surface area contributed by atoms with E-state index in [1.807, 2.05) is 0 Å².